The van der Waals surface area contributed by atoms with Gasteiger partial charge in [-0.2, -0.15) is 0 Å². The molecule has 0 aliphatic carbocycles. The number of hydrogen-bond acceptors (Lipinski definition) is 6. The Balaban J connectivity index is 4.35. The number of carbonyl (C=O) groups is 3. The topological polar surface area (TPSA) is 78.9 Å². The predicted molar refractivity (Wildman–Crippen MR) is 210 cm³/mol. The molecule has 0 aromatic rings. The highest BCUT2D eigenvalue weighted by molar-refractivity contribution is 5.71. The molecule has 0 rings (SSSR count). The number of carbonyl (C=O) groups excluding carboxylic acids is 3. The lowest BCUT2D eigenvalue weighted by atomic mass is 9.99. The van der Waals surface area contributed by atoms with E-state index in [9.17, 15) is 14.4 Å². The Morgan fingerprint density at radius 3 is 1.14 bits per heavy atom. The summed E-state index contributed by atoms with van der Waals surface area (Å²) in [4.78, 5) is 37.6. The van der Waals surface area contributed by atoms with E-state index in [4.69, 9.17) is 14.2 Å². The summed E-state index contributed by atoms with van der Waals surface area (Å²) in [6.45, 7) is 11.3. The Morgan fingerprint density at radius 1 is 0.420 bits per heavy atom. The first-order valence-corrected chi connectivity index (χ1v) is 21.8. The largest absolute Gasteiger partial charge is 0.462 e. The van der Waals surface area contributed by atoms with E-state index in [1.807, 2.05) is 0 Å². The summed E-state index contributed by atoms with van der Waals surface area (Å²) in [5.41, 5.74) is 0. The minimum Gasteiger partial charge on any atom is -0.462 e. The molecule has 0 amide bonds. The van der Waals surface area contributed by atoms with Gasteiger partial charge in [-0.15, -0.1) is 0 Å². The summed E-state index contributed by atoms with van der Waals surface area (Å²) >= 11 is 0. The van der Waals surface area contributed by atoms with Crippen LogP contribution in [0.3, 0.4) is 0 Å². The first-order chi connectivity index (χ1) is 24.3. The van der Waals surface area contributed by atoms with E-state index in [1.165, 1.54) is 122 Å². The molecule has 6 nitrogen and oxygen atoms in total. The van der Waals surface area contributed by atoms with Crippen molar-refractivity contribution in [2.24, 2.45) is 11.8 Å². The minimum absolute atomic E-state index is 0.0661. The van der Waals surface area contributed by atoms with Crippen molar-refractivity contribution in [2.75, 3.05) is 13.2 Å². The van der Waals surface area contributed by atoms with Crippen molar-refractivity contribution in [1.29, 1.82) is 0 Å². The molecule has 0 aliphatic rings. The van der Waals surface area contributed by atoms with Crippen LogP contribution in [0.4, 0.5) is 0 Å². The standard InChI is InChI=1S/C44H84O6/c1-6-8-9-10-11-12-13-19-24-29-34-42(45)48-37-41(50-44(47)36-31-26-21-16-17-22-27-32-39(3)4)38-49-43(46)35-30-25-20-15-14-18-23-28-33-40(5)7-2/h39-41H,6-38H2,1-5H3/t40?,41-/m0/s1. The summed E-state index contributed by atoms with van der Waals surface area (Å²) in [6.07, 6.45) is 33.7. The van der Waals surface area contributed by atoms with E-state index in [-0.39, 0.29) is 31.1 Å². The van der Waals surface area contributed by atoms with Crippen molar-refractivity contribution in [3.8, 4) is 0 Å². The molecule has 1 unspecified atom stereocenters. The Bertz CT molecular complexity index is 766. The van der Waals surface area contributed by atoms with E-state index in [2.05, 4.69) is 34.6 Å². The molecule has 0 heterocycles. The van der Waals surface area contributed by atoms with Gasteiger partial charge < -0.3 is 14.2 Å². The lowest BCUT2D eigenvalue weighted by Crippen LogP contribution is -2.30. The molecule has 0 aliphatic heterocycles. The van der Waals surface area contributed by atoms with Gasteiger partial charge in [0.25, 0.3) is 0 Å². The van der Waals surface area contributed by atoms with Crippen molar-refractivity contribution >= 4 is 17.9 Å². The number of unbranched alkanes of at least 4 members (excludes halogenated alkanes) is 22. The molecule has 2 atom stereocenters. The zero-order valence-corrected chi connectivity index (χ0v) is 34.0. The van der Waals surface area contributed by atoms with Crippen molar-refractivity contribution in [1.82, 2.24) is 0 Å². The van der Waals surface area contributed by atoms with Crippen molar-refractivity contribution < 1.29 is 28.6 Å². The van der Waals surface area contributed by atoms with Crippen LogP contribution in [0, 0.1) is 11.8 Å². The average molecular weight is 709 g/mol. The lowest BCUT2D eigenvalue weighted by Gasteiger charge is -2.18. The zero-order valence-electron chi connectivity index (χ0n) is 34.0. The predicted octanol–water partition coefficient (Wildman–Crippen LogP) is 13.4. The zero-order chi connectivity index (χ0) is 36.9. The highest BCUT2D eigenvalue weighted by Crippen LogP contribution is 2.17. The van der Waals surface area contributed by atoms with Gasteiger partial charge in [-0.05, 0) is 31.1 Å². The molecular weight excluding hydrogens is 624 g/mol. The first kappa shape index (κ1) is 48.4. The van der Waals surface area contributed by atoms with Crippen LogP contribution in [0.5, 0.6) is 0 Å². The molecule has 0 radical (unpaired) electrons. The quantitative estimate of drug-likeness (QED) is 0.0361. The molecule has 296 valence electrons. The average Bonchev–Trinajstić information content (AvgIpc) is 3.09. The van der Waals surface area contributed by atoms with Crippen LogP contribution in [0.25, 0.3) is 0 Å². The molecule has 0 saturated heterocycles. The van der Waals surface area contributed by atoms with Gasteiger partial charge in [-0.1, -0.05) is 195 Å². The van der Waals surface area contributed by atoms with Gasteiger partial charge in [0.2, 0.25) is 0 Å². The van der Waals surface area contributed by atoms with Gasteiger partial charge in [0.05, 0.1) is 0 Å². The maximum absolute atomic E-state index is 12.6. The van der Waals surface area contributed by atoms with E-state index in [1.54, 1.807) is 0 Å². The van der Waals surface area contributed by atoms with E-state index in [0.717, 1.165) is 69.6 Å². The summed E-state index contributed by atoms with van der Waals surface area (Å²) in [5, 5.41) is 0. The Kier molecular flexibility index (Phi) is 36.0. The molecule has 0 aromatic carbocycles. The Labute approximate surface area is 310 Å². The summed E-state index contributed by atoms with van der Waals surface area (Å²) in [5.74, 6) is 0.760. The normalized spacial score (nSPS) is 12.6. The van der Waals surface area contributed by atoms with Crippen LogP contribution in [-0.2, 0) is 28.6 Å². The fourth-order valence-corrected chi connectivity index (χ4v) is 6.37. The molecule has 0 N–H and O–H groups in total. The van der Waals surface area contributed by atoms with E-state index < -0.39 is 6.10 Å². The molecular formula is C44H84O6. The summed E-state index contributed by atoms with van der Waals surface area (Å²) < 4.78 is 16.7. The highest BCUT2D eigenvalue weighted by Gasteiger charge is 2.19. The molecule has 0 aromatic heterocycles. The van der Waals surface area contributed by atoms with Gasteiger partial charge >= 0.3 is 17.9 Å². The van der Waals surface area contributed by atoms with Gasteiger partial charge in [-0.3, -0.25) is 14.4 Å². The maximum Gasteiger partial charge on any atom is 0.306 e. The number of esters is 3. The van der Waals surface area contributed by atoms with Crippen molar-refractivity contribution in [2.45, 2.75) is 240 Å². The summed E-state index contributed by atoms with van der Waals surface area (Å²) in [7, 11) is 0. The third-order valence-corrected chi connectivity index (χ3v) is 10.1. The number of hydrogen-bond donors (Lipinski definition) is 0. The van der Waals surface area contributed by atoms with Crippen LogP contribution >= 0.6 is 0 Å². The number of ether oxygens (including phenoxy) is 3. The van der Waals surface area contributed by atoms with E-state index in [0.29, 0.717) is 19.3 Å². The van der Waals surface area contributed by atoms with Crippen LogP contribution < -0.4 is 0 Å². The second-order valence-electron chi connectivity index (χ2n) is 15.7. The summed E-state index contributed by atoms with van der Waals surface area (Å²) in [6, 6.07) is 0. The second kappa shape index (κ2) is 37.2. The van der Waals surface area contributed by atoms with Crippen LogP contribution in [0.15, 0.2) is 0 Å². The first-order valence-electron chi connectivity index (χ1n) is 21.8. The lowest BCUT2D eigenvalue weighted by molar-refractivity contribution is -0.167. The van der Waals surface area contributed by atoms with Crippen molar-refractivity contribution in [3.05, 3.63) is 0 Å². The van der Waals surface area contributed by atoms with Gasteiger partial charge in [0.1, 0.15) is 13.2 Å². The Hall–Kier alpha value is -1.59. The third kappa shape index (κ3) is 36.2. The SMILES string of the molecule is CCCCCCCCCCCCC(=O)OC[C@@H](COC(=O)CCCCCCCCCCC(C)CC)OC(=O)CCCCCCCCCC(C)C. The second-order valence-corrected chi connectivity index (χ2v) is 15.7. The minimum atomic E-state index is -0.760. The van der Waals surface area contributed by atoms with E-state index >= 15 is 0 Å². The van der Waals surface area contributed by atoms with Gasteiger partial charge in [0, 0.05) is 19.3 Å². The van der Waals surface area contributed by atoms with Gasteiger partial charge in [0.15, 0.2) is 6.10 Å². The Morgan fingerprint density at radius 2 is 0.760 bits per heavy atom. The monoisotopic (exact) mass is 709 g/mol. The van der Waals surface area contributed by atoms with Crippen LogP contribution in [0.1, 0.15) is 234 Å². The third-order valence-electron chi connectivity index (χ3n) is 10.1. The van der Waals surface area contributed by atoms with Crippen molar-refractivity contribution in [3.63, 3.8) is 0 Å². The molecule has 0 spiro atoms. The highest BCUT2D eigenvalue weighted by atomic mass is 16.6. The van der Waals surface area contributed by atoms with Crippen LogP contribution in [-0.4, -0.2) is 37.2 Å². The molecule has 0 fully saturated rings. The fourth-order valence-electron chi connectivity index (χ4n) is 6.37. The molecule has 6 heteroatoms. The maximum atomic E-state index is 12.6. The molecule has 0 bridgehead atoms. The van der Waals surface area contributed by atoms with Gasteiger partial charge in [-0.25, -0.2) is 0 Å². The molecule has 0 saturated carbocycles. The fraction of sp³-hybridized carbons (Fsp3) is 0.932. The number of rotatable bonds is 38. The van der Waals surface area contributed by atoms with Crippen LogP contribution in [0.2, 0.25) is 0 Å². The molecule has 50 heavy (non-hydrogen) atoms. The smallest absolute Gasteiger partial charge is 0.306 e.